The van der Waals surface area contributed by atoms with E-state index in [9.17, 15) is 4.79 Å². The molecule has 0 radical (unpaired) electrons. The van der Waals surface area contributed by atoms with E-state index in [0.29, 0.717) is 11.4 Å². The van der Waals surface area contributed by atoms with Crippen molar-refractivity contribution in [1.82, 2.24) is 4.90 Å². The number of ether oxygens (including phenoxy) is 2. The highest BCUT2D eigenvalue weighted by molar-refractivity contribution is 7.99. The second kappa shape index (κ2) is 7.73. The molecule has 2 rings (SSSR count). The van der Waals surface area contributed by atoms with Crippen molar-refractivity contribution >= 4 is 17.9 Å². The van der Waals surface area contributed by atoms with Gasteiger partial charge in [-0.05, 0) is 58.6 Å². The molecule has 0 spiro atoms. The minimum Gasteiger partial charge on any atom is -0.444 e. The lowest BCUT2D eigenvalue weighted by Gasteiger charge is -2.33. The number of hydrogen-bond donors (Lipinski definition) is 0. The van der Waals surface area contributed by atoms with Gasteiger partial charge in [0.1, 0.15) is 5.60 Å². The lowest BCUT2D eigenvalue weighted by Crippen LogP contribution is -2.42. The molecule has 21 heavy (non-hydrogen) atoms. The molecule has 0 aromatic carbocycles. The van der Waals surface area contributed by atoms with E-state index in [2.05, 4.69) is 11.8 Å². The molecular weight excluding hydrogens is 286 g/mol. The molecule has 1 unspecified atom stereocenters. The Kier molecular flexibility index (Phi) is 6.23. The van der Waals surface area contributed by atoms with Crippen LogP contribution in [-0.2, 0) is 9.47 Å². The van der Waals surface area contributed by atoms with Crippen LogP contribution in [0.2, 0.25) is 0 Å². The molecule has 122 valence electrons. The van der Waals surface area contributed by atoms with Gasteiger partial charge in [0.25, 0.3) is 0 Å². The van der Waals surface area contributed by atoms with Crippen LogP contribution in [0.1, 0.15) is 52.9 Å². The smallest absolute Gasteiger partial charge is 0.410 e. The fraction of sp³-hybridized carbons (Fsp3) is 0.938. The van der Waals surface area contributed by atoms with Crippen molar-refractivity contribution in [3.8, 4) is 0 Å². The highest BCUT2D eigenvalue weighted by Crippen LogP contribution is 2.27. The zero-order valence-electron chi connectivity index (χ0n) is 13.6. The molecule has 2 saturated heterocycles. The van der Waals surface area contributed by atoms with Gasteiger partial charge in [-0.2, -0.15) is 11.8 Å². The van der Waals surface area contributed by atoms with E-state index in [1.54, 1.807) is 0 Å². The first-order valence-corrected chi connectivity index (χ1v) is 9.20. The molecule has 2 heterocycles. The first-order valence-electron chi connectivity index (χ1n) is 8.15. The average Bonchev–Trinajstić information content (AvgIpc) is 2.91. The predicted molar refractivity (Wildman–Crippen MR) is 86.9 cm³/mol. The van der Waals surface area contributed by atoms with Gasteiger partial charge in [-0.25, -0.2) is 4.79 Å². The number of carbonyl (C=O) groups is 1. The molecule has 0 aromatic heterocycles. The van der Waals surface area contributed by atoms with Crippen LogP contribution in [0.15, 0.2) is 0 Å². The van der Waals surface area contributed by atoms with E-state index >= 15 is 0 Å². The standard InChI is InChI=1S/C16H29NO3S/c1-16(2,3)20-15(18)17-9-6-14(7-10-17)21-12-8-13-5-4-11-19-13/h13-14H,4-12H2,1-3H3. The third kappa shape index (κ3) is 6.07. The number of piperidine rings is 1. The highest BCUT2D eigenvalue weighted by Gasteiger charge is 2.27. The molecule has 1 atom stereocenters. The molecule has 2 fully saturated rings. The van der Waals surface area contributed by atoms with E-state index in [1.165, 1.54) is 25.0 Å². The second-order valence-electron chi connectivity index (χ2n) is 6.96. The first kappa shape index (κ1) is 16.9. The van der Waals surface area contributed by atoms with Crippen molar-refractivity contribution in [3.63, 3.8) is 0 Å². The molecular formula is C16H29NO3S. The quantitative estimate of drug-likeness (QED) is 0.793. The number of thioether (sulfide) groups is 1. The maximum absolute atomic E-state index is 12.0. The van der Waals surface area contributed by atoms with Crippen LogP contribution in [0.4, 0.5) is 4.79 Å². The van der Waals surface area contributed by atoms with E-state index in [0.717, 1.165) is 32.5 Å². The molecule has 1 amide bonds. The minimum atomic E-state index is -0.399. The van der Waals surface area contributed by atoms with Crippen LogP contribution < -0.4 is 0 Å². The van der Waals surface area contributed by atoms with Crippen molar-refractivity contribution in [1.29, 1.82) is 0 Å². The van der Waals surface area contributed by atoms with Gasteiger partial charge in [0, 0.05) is 24.9 Å². The zero-order valence-corrected chi connectivity index (χ0v) is 14.4. The topological polar surface area (TPSA) is 38.8 Å². The molecule has 2 aliphatic rings. The van der Waals surface area contributed by atoms with E-state index < -0.39 is 5.60 Å². The van der Waals surface area contributed by atoms with Gasteiger partial charge in [-0.15, -0.1) is 0 Å². The summed E-state index contributed by atoms with van der Waals surface area (Å²) in [6.45, 7) is 8.35. The zero-order chi connectivity index (χ0) is 15.3. The lowest BCUT2D eigenvalue weighted by atomic mass is 10.1. The summed E-state index contributed by atoms with van der Waals surface area (Å²) < 4.78 is 11.1. The normalized spacial score (nSPS) is 24.3. The van der Waals surface area contributed by atoms with Gasteiger partial charge in [0.05, 0.1) is 6.10 Å². The lowest BCUT2D eigenvalue weighted by molar-refractivity contribution is 0.0219. The number of carbonyl (C=O) groups excluding carboxylic acids is 1. The Bertz CT molecular complexity index is 329. The summed E-state index contributed by atoms with van der Waals surface area (Å²) >= 11 is 2.05. The van der Waals surface area contributed by atoms with Crippen LogP contribution >= 0.6 is 11.8 Å². The summed E-state index contributed by atoms with van der Waals surface area (Å²) in [5.74, 6) is 1.18. The van der Waals surface area contributed by atoms with Crippen molar-refractivity contribution in [2.75, 3.05) is 25.4 Å². The van der Waals surface area contributed by atoms with Crippen LogP contribution in [0.5, 0.6) is 0 Å². The number of rotatable bonds is 4. The Hall–Kier alpha value is -0.420. The Morgan fingerprint density at radius 1 is 1.29 bits per heavy atom. The largest absolute Gasteiger partial charge is 0.444 e. The summed E-state index contributed by atoms with van der Waals surface area (Å²) in [6.07, 6.45) is 6.13. The highest BCUT2D eigenvalue weighted by atomic mass is 32.2. The Balaban J connectivity index is 1.60. The summed E-state index contributed by atoms with van der Waals surface area (Å²) in [7, 11) is 0. The number of hydrogen-bond acceptors (Lipinski definition) is 4. The molecule has 0 aliphatic carbocycles. The van der Waals surface area contributed by atoms with Gasteiger partial charge in [-0.3, -0.25) is 0 Å². The van der Waals surface area contributed by atoms with Crippen LogP contribution in [0.25, 0.3) is 0 Å². The van der Waals surface area contributed by atoms with Gasteiger partial charge in [0.2, 0.25) is 0 Å². The third-order valence-electron chi connectivity index (χ3n) is 3.91. The first-order chi connectivity index (χ1) is 9.94. The monoisotopic (exact) mass is 315 g/mol. The summed E-state index contributed by atoms with van der Waals surface area (Å²) in [5, 5.41) is 0.685. The number of amides is 1. The van der Waals surface area contributed by atoms with E-state index in [-0.39, 0.29) is 6.09 Å². The van der Waals surface area contributed by atoms with Gasteiger partial charge < -0.3 is 14.4 Å². The van der Waals surface area contributed by atoms with Crippen molar-refractivity contribution < 1.29 is 14.3 Å². The fourth-order valence-corrected chi connectivity index (χ4v) is 4.05. The summed E-state index contributed by atoms with van der Waals surface area (Å²) in [4.78, 5) is 13.8. The second-order valence-corrected chi connectivity index (χ2v) is 8.37. The van der Waals surface area contributed by atoms with Gasteiger partial charge >= 0.3 is 6.09 Å². The molecule has 0 bridgehead atoms. The molecule has 0 aromatic rings. The van der Waals surface area contributed by atoms with Crippen molar-refractivity contribution in [2.45, 2.75) is 69.8 Å². The molecule has 4 nitrogen and oxygen atoms in total. The SMILES string of the molecule is CC(C)(C)OC(=O)N1CCC(SCCC2CCCO2)CC1. The molecule has 0 N–H and O–H groups in total. The van der Waals surface area contributed by atoms with Gasteiger partial charge in [-0.1, -0.05) is 0 Å². The molecule has 5 heteroatoms. The average molecular weight is 315 g/mol. The summed E-state index contributed by atoms with van der Waals surface area (Å²) in [6, 6.07) is 0. The Morgan fingerprint density at radius 2 is 2.00 bits per heavy atom. The number of likely N-dealkylation sites (tertiary alicyclic amines) is 1. The molecule has 2 aliphatic heterocycles. The van der Waals surface area contributed by atoms with Crippen LogP contribution in [-0.4, -0.2) is 53.4 Å². The summed E-state index contributed by atoms with van der Waals surface area (Å²) in [5.41, 5.74) is -0.399. The maximum atomic E-state index is 12.0. The van der Waals surface area contributed by atoms with Crippen LogP contribution in [0, 0.1) is 0 Å². The predicted octanol–water partition coefficient (Wildman–Crippen LogP) is 3.69. The fourth-order valence-electron chi connectivity index (χ4n) is 2.77. The van der Waals surface area contributed by atoms with Crippen molar-refractivity contribution in [3.05, 3.63) is 0 Å². The van der Waals surface area contributed by atoms with E-state index in [1.807, 2.05) is 25.7 Å². The van der Waals surface area contributed by atoms with E-state index in [4.69, 9.17) is 9.47 Å². The van der Waals surface area contributed by atoms with Crippen molar-refractivity contribution in [2.24, 2.45) is 0 Å². The molecule has 0 saturated carbocycles. The Labute approximate surface area is 132 Å². The van der Waals surface area contributed by atoms with Gasteiger partial charge in [0.15, 0.2) is 0 Å². The third-order valence-corrected chi connectivity index (χ3v) is 5.33. The van der Waals surface area contributed by atoms with Crippen LogP contribution in [0.3, 0.4) is 0 Å². The number of nitrogens with zero attached hydrogens (tertiary/aromatic N) is 1. The minimum absolute atomic E-state index is 0.162. The Morgan fingerprint density at radius 3 is 2.57 bits per heavy atom. The maximum Gasteiger partial charge on any atom is 0.410 e.